The molecule has 8 heteroatoms. The van der Waals surface area contributed by atoms with E-state index in [2.05, 4.69) is 25.1 Å². The molecule has 4 rings (SSSR count). The number of aryl methyl sites for hydroxylation is 2. The highest BCUT2D eigenvalue weighted by molar-refractivity contribution is 5.59. The third kappa shape index (κ3) is 3.91. The molecule has 3 aromatic rings. The van der Waals surface area contributed by atoms with Crippen LogP contribution in [0.2, 0.25) is 0 Å². The van der Waals surface area contributed by atoms with Crippen molar-refractivity contribution in [2.24, 2.45) is 7.05 Å². The van der Waals surface area contributed by atoms with Gasteiger partial charge in [0.2, 0.25) is 0 Å². The van der Waals surface area contributed by atoms with E-state index in [9.17, 15) is 0 Å². The van der Waals surface area contributed by atoms with Crippen LogP contribution in [0, 0.1) is 6.92 Å². The van der Waals surface area contributed by atoms with Gasteiger partial charge in [0.05, 0.1) is 18.4 Å². The van der Waals surface area contributed by atoms with Gasteiger partial charge in [0.1, 0.15) is 6.10 Å². The van der Waals surface area contributed by atoms with E-state index in [1.165, 1.54) is 0 Å². The van der Waals surface area contributed by atoms with E-state index < -0.39 is 0 Å². The summed E-state index contributed by atoms with van der Waals surface area (Å²) in [6.07, 6.45) is 9.32. The van der Waals surface area contributed by atoms with E-state index in [0.717, 1.165) is 55.1 Å². The zero-order valence-corrected chi connectivity index (χ0v) is 15.0. The Morgan fingerprint density at radius 1 is 1.15 bits per heavy atom. The summed E-state index contributed by atoms with van der Waals surface area (Å²) in [6.45, 7) is 4.65. The molecule has 0 radical (unpaired) electrons. The number of aromatic nitrogens is 5. The minimum atomic E-state index is 0.145. The Balaban J connectivity index is 1.29. The summed E-state index contributed by atoms with van der Waals surface area (Å²) >= 11 is 0. The Kier molecular flexibility index (Phi) is 4.66. The van der Waals surface area contributed by atoms with Crippen LogP contribution in [0.25, 0.3) is 11.1 Å². The Hall–Kier alpha value is -2.74. The summed E-state index contributed by atoms with van der Waals surface area (Å²) in [6, 6.07) is 2.42. The van der Waals surface area contributed by atoms with Gasteiger partial charge in [-0.05, 0) is 19.8 Å². The molecule has 0 unspecified atom stereocenters. The molecule has 136 valence electrons. The number of likely N-dealkylation sites (tertiary alicyclic amines) is 1. The van der Waals surface area contributed by atoms with Crippen LogP contribution in [-0.2, 0) is 13.6 Å². The lowest BCUT2D eigenvalue weighted by Crippen LogP contribution is -2.37. The monoisotopic (exact) mass is 354 g/mol. The van der Waals surface area contributed by atoms with Crippen LogP contribution in [-0.4, -0.2) is 49.0 Å². The zero-order chi connectivity index (χ0) is 17.9. The Morgan fingerprint density at radius 2 is 1.92 bits per heavy atom. The molecule has 0 bridgehead atoms. The fourth-order valence-electron chi connectivity index (χ4n) is 3.14. The van der Waals surface area contributed by atoms with E-state index >= 15 is 0 Å². The van der Waals surface area contributed by atoms with E-state index in [4.69, 9.17) is 9.26 Å². The van der Waals surface area contributed by atoms with Crippen molar-refractivity contribution in [1.82, 2.24) is 29.8 Å². The number of piperidine rings is 1. The molecule has 1 aliphatic heterocycles. The topological polar surface area (TPSA) is 82.1 Å². The molecule has 0 saturated carbocycles. The van der Waals surface area contributed by atoms with Gasteiger partial charge in [-0.15, -0.1) is 0 Å². The van der Waals surface area contributed by atoms with E-state index in [1.54, 1.807) is 23.3 Å². The number of rotatable bonds is 5. The molecule has 0 aliphatic carbocycles. The fraction of sp³-hybridized carbons (Fsp3) is 0.444. The SMILES string of the molecule is Cc1cc(CN2CCC(Oc3ncc(-c4cnn(C)c4)cn3)CC2)on1. The first-order valence-corrected chi connectivity index (χ1v) is 8.78. The number of nitrogens with zero attached hydrogens (tertiary/aromatic N) is 6. The molecule has 8 nitrogen and oxygen atoms in total. The summed E-state index contributed by atoms with van der Waals surface area (Å²) in [5.74, 6) is 0.913. The lowest BCUT2D eigenvalue weighted by molar-refractivity contribution is 0.0845. The predicted octanol–water partition coefficient (Wildman–Crippen LogP) is 2.22. The maximum atomic E-state index is 5.95. The second kappa shape index (κ2) is 7.25. The van der Waals surface area contributed by atoms with Gasteiger partial charge in [0.15, 0.2) is 5.76 Å². The first-order chi connectivity index (χ1) is 12.7. The molecule has 3 aromatic heterocycles. The molecular formula is C18H22N6O2. The molecule has 4 heterocycles. The molecule has 0 amide bonds. The lowest BCUT2D eigenvalue weighted by atomic mass is 10.1. The Morgan fingerprint density at radius 3 is 2.54 bits per heavy atom. The summed E-state index contributed by atoms with van der Waals surface area (Å²) in [5.41, 5.74) is 2.85. The second-order valence-corrected chi connectivity index (χ2v) is 6.68. The van der Waals surface area contributed by atoms with Crippen molar-refractivity contribution in [3.05, 3.63) is 42.3 Å². The van der Waals surface area contributed by atoms with Crippen molar-refractivity contribution in [3.8, 4) is 17.1 Å². The zero-order valence-electron chi connectivity index (χ0n) is 15.0. The van der Waals surface area contributed by atoms with Crippen LogP contribution in [0.3, 0.4) is 0 Å². The number of hydrogen-bond acceptors (Lipinski definition) is 7. The van der Waals surface area contributed by atoms with Crippen LogP contribution in [0.15, 0.2) is 35.4 Å². The van der Waals surface area contributed by atoms with Gasteiger partial charge in [0.25, 0.3) is 0 Å². The Labute approximate surface area is 151 Å². The van der Waals surface area contributed by atoms with Gasteiger partial charge in [-0.2, -0.15) is 5.10 Å². The van der Waals surface area contributed by atoms with Crippen LogP contribution in [0.1, 0.15) is 24.3 Å². The quantitative estimate of drug-likeness (QED) is 0.695. The van der Waals surface area contributed by atoms with Gasteiger partial charge in [0, 0.05) is 55.9 Å². The summed E-state index contributed by atoms with van der Waals surface area (Å²) < 4.78 is 13.0. The molecule has 0 aromatic carbocycles. The van der Waals surface area contributed by atoms with Crippen LogP contribution >= 0.6 is 0 Å². The van der Waals surface area contributed by atoms with Crippen LogP contribution in [0.4, 0.5) is 0 Å². The largest absolute Gasteiger partial charge is 0.460 e. The minimum absolute atomic E-state index is 0.145. The van der Waals surface area contributed by atoms with Crippen molar-refractivity contribution in [2.45, 2.75) is 32.4 Å². The third-order valence-corrected chi connectivity index (χ3v) is 4.53. The Bertz CT molecular complexity index is 849. The molecule has 1 saturated heterocycles. The third-order valence-electron chi connectivity index (χ3n) is 4.53. The van der Waals surface area contributed by atoms with Crippen LogP contribution in [0.5, 0.6) is 6.01 Å². The molecule has 26 heavy (non-hydrogen) atoms. The van der Waals surface area contributed by atoms with Crippen LogP contribution < -0.4 is 4.74 Å². The maximum absolute atomic E-state index is 5.95. The normalized spacial score (nSPS) is 16.1. The maximum Gasteiger partial charge on any atom is 0.316 e. The van der Waals surface area contributed by atoms with Gasteiger partial charge in [-0.25, -0.2) is 9.97 Å². The minimum Gasteiger partial charge on any atom is -0.460 e. The molecular weight excluding hydrogens is 332 g/mol. The summed E-state index contributed by atoms with van der Waals surface area (Å²) in [7, 11) is 1.89. The highest BCUT2D eigenvalue weighted by atomic mass is 16.5. The predicted molar refractivity (Wildman–Crippen MR) is 94.4 cm³/mol. The standard InChI is InChI=1S/C18H22N6O2/c1-13-7-17(26-22-13)12-24-5-3-16(4-6-24)25-18-19-8-14(9-20-18)15-10-21-23(2)11-15/h7-11,16H,3-6,12H2,1-2H3. The molecule has 0 N–H and O–H groups in total. The molecule has 0 spiro atoms. The summed E-state index contributed by atoms with van der Waals surface area (Å²) in [5, 5.41) is 8.10. The first-order valence-electron chi connectivity index (χ1n) is 8.78. The number of ether oxygens (including phenoxy) is 1. The van der Waals surface area contributed by atoms with E-state index in [1.807, 2.05) is 26.2 Å². The average Bonchev–Trinajstić information content (AvgIpc) is 3.26. The lowest BCUT2D eigenvalue weighted by Gasteiger charge is -2.30. The molecule has 1 fully saturated rings. The van der Waals surface area contributed by atoms with Crippen molar-refractivity contribution < 1.29 is 9.26 Å². The van der Waals surface area contributed by atoms with Gasteiger partial charge >= 0.3 is 6.01 Å². The highest BCUT2D eigenvalue weighted by Crippen LogP contribution is 2.20. The van der Waals surface area contributed by atoms with Crippen molar-refractivity contribution >= 4 is 0 Å². The smallest absolute Gasteiger partial charge is 0.316 e. The molecule has 1 aliphatic rings. The van der Waals surface area contributed by atoms with Crippen molar-refractivity contribution in [2.75, 3.05) is 13.1 Å². The first kappa shape index (κ1) is 16.7. The second-order valence-electron chi connectivity index (χ2n) is 6.68. The van der Waals surface area contributed by atoms with Gasteiger partial charge in [-0.1, -0.05) is 5.16 Å². The number of hydrogen-bond donors (Lipinski definition) is 0. The van der Waals surface area contributed by atoms with Gasteiger partial charge < -0.3 is 9.26 Å². The van der Waals surface area contributed by atoms with Gasteiger partial charge in [-0.3, -0.25) is 9.58 Å². The van der Waals surface area contributed by atoms with Crippen molar-refractivity contribution in [3.63, 3.8) is 0 Å². The van der Waals surface area contributed by atoms with Crippen molar-refractivity contribution in [1.29, 1.82) is 0 Å². The van der Waals surface area contributed by atoms with E-state index in [0.29, 0.717) is 6.01 Å². The summed E-state index contributed by atoms with van der Waals surface area (Å²) in [4.78, 5) is 11.0. The average molecular weight is 354 g/mol. The molecule has 0 atom stereocenters. The highest BCUT2D eigenvalue weighted by Gasteiger charge is 2.22. The fourth-order valence-corrected chi connectivity index (χ4v) is 3.14. The van der Waals surface area contributed by atoms with E-state index in [-0.39, 0.29) is 6.10 Å².